The van der Waals surface area contributed by atoms with Crippen molar-refractivity contribution in [1.29, 1.82) is 0 Å². The smallest absolute Gasteiger partial charge is 0.163 e. The first kappa shape index (κ1) is 17.3. The van der Waals surface area contributed by atoms with Gasteiger partial charge in [-0.3, -0.25) is 4.79 Å². The lowest BCUT2D eigenvalue weighted by atomic mass is 9.94. The number of hydrogen-bond acceptors (Lipinski definition) is 2. The van der Waals surface area contributed by atoms with E-state index < -0.39 is 0 Å². The van der Waals surface area contributed by atoms with E-state index in [4.69, 9.17) is 0 Å². The van der Waals surface area contributed by atoms with E-state index in [0.29, 0.717) is 6.42 Å². The van der Waals surface area contributed by atoms with Crippen LogP contribution in [0.5, 0.6) is 5.75 Å². The molecule has 2 rings (SSSR count). The van der Waals surface area contributed by atoms with Crippen molar-refractivity contribution in [3.63, 3.8) is 0 Å². The molecule has 0 amide bonds. The fourth-order valence-electron chi connectivity index (χ4n) is 2.82. The summed E-state index contributed by atoms with van der Waals surface area (Å²) in [4.78, 5) is 12.5. The Morgan fingerprint density at radius 2 is 1.52 bits per heavy atom. The maximum Gasteiger partial charge on any atom is 0.163 e. The molecule has 2 heteroatoms. The lowest BCUT2D eigenvalue weighted by Crippen LogP contribution is -2.01. The maximum atomic E-state index is 12.5. The molecule has 0 aliphatic carbocycles. The third kappa shape index (κ3) is 5.24. The molecule has 122 valence electrons. The van der Waals surface area contributed by atoms with Crippen LogP contribution in [0.3, 0.4) is 0 Å². The number of benzene rings is 2. The summed E-state index contributed by atoms with van der Waals surface area (Å²) in [6, 6.07) is 14.8. The minimum absolute atomic E-state index is 0.212. The van der Waals surface area contributed by atoms with Crippen LogP contribution in [0.15, 0.2) is 48.5 Å². The Morgan fingerprint density at radius 1 is 0.870 bits per heavy atom. The summed E-state index contributed by atoms with van der Waals surface area (Å²) in [6.45, 7) is 2.21. The topological polar surface area (TPSA) is 37.3 Å². The molecule has 0 unspecified atom stereocenters. The third-order valence-electron chi connectivity index (χ3n) is 4.16. The normalized spacial score (nSPS) is 10.7. The summed E-state index contributed by atoms with van der Waals surface area (Å²) in [6.07, 6.45) is 7.74. The van der Waals surface area contributed by atoms with Crippen molar-refractivity contribution < 1.29 is 9.90 Å². The van der Waals surface area contributed by atoms with Gasteiger partial charge in [0.15, 0.2) is 5.78 Å². The van der Waals surface area contributed by atoms with Gasteiger partial charge in [-0.15, -0.1) is 0 Å². The second-order valence-corrected chi connectivity index (χ2v) is 6.03. The molecule has 0 atom stereocenters. The van der Waals surface area contributed by atoms with E-state index in [1.807, 2.05) is 36.4 Å². The number of aromatic hydroxyl groups is 1. The van der Waals surface area contributed by atoms with Crippen molar-refractivity contribution in [2.75, 3.05) is 0 Å². The van der Waals surface area contributed by atoms with Gasteiger partial charge in [0.1, 0.15) is 5.75 Å². The average Bonchev–Trinajstić information content (AvgIpc) is 2.58. The summed E-state index contributed by atoms with van der Waals surface area (Å²) in [5.41, 5.74) is 2.70. The van der Waals surface area contributed by atoms with Gasteiger partial charge in [-0.2, -0.15) is 0 Å². The highest BCUT2D eigenvalue weighted by Crippen LogP contribution is 2.26. The number of Topliss-reactive ketones (excluding diaryl/α,β-unsaturated/α-hetero) is 1. The Hall–Kier alpha value is -2.09. The van der Waals surface area contributed by atoms with Gasteiger partial charge in [0.2, 0.25) is 0 Å². The van der Waals surface area contributed by atoms with Crippen LogP contribution in [0, 0.1) is 0 Å². The highest BCUT2D eigenvalue weighted by atomic mass is 16.3. The van der Waals surface area contributed by atoms with Crippen molar-refractivity contribution in [2.45, 2.75) is 51.9 Å². The van der Waals surface area contributed by atoms with E-state index in [1.54, 1.807) is 12.1 Å². The van der Waals surface area contributed by atoms with E-state index in [9.17, 15) is 9.90 Å². The largest absolute Gasteiger partial charge is 0.508 e. The van der Waals surface area contributed by atoms with Gasteiger partial charge in [-0.05, 0) is 29.7 Å². The fraction of sp³-hybridized carbons (Fsp3) is 0.381. The minimum Gasteiger partial charge on any atom is -0.508 e. The van der Waals surface area contributed by atoms with Crippen LogP contribution in [-0.4, -0.2) is 10.9 Å². The molecule has 0 saturated heterocycles. The molecule has 2 aromatic rings. The number of carbonyl (C=O) groups is 1. The fourth-order valence-corrected chi connectivity index (χ4v) is 2.82. The molecule has 0 saturated carbocycles. The highest BCUT2D eigenvalue weighted by Gasteiger charge is 2.12. The summed E-state index contributed by atoms with van der Waals surface area (Å²) in [5.74, 6) is 0.453. The summed E-state index contributed by atoms with van der Waals surface area (Å²) in [5, 5.41) is 9.42. The highest BCUT2D eigenvalue weighted by molar-refractivity contribution is 6.02. The van der Waals surface area contributed by atoms with Gasteiger partial charge in [0.05, 0.1) is 0 Å². The van der Waals surface area contributed by atoms with Gasteiger partial charge >= 0.3 is 0 Å². The van der Waals surface area contributed by atoms with Gasteiger partial charge in [0.25, 0.3) is 0 Å². The molecular formula is C21H26O2. The van der Waals surface area contributed by atoms with Crippen molar-refractivity contribution >= 4 is 5.78 Å². The predicted octanol–water partition coefficient (Wildman–Crippen LogP) is 5.99. The van der Waals surface area contributed by atoms with Crippen LogP contribution < -0.4 is 0 Å². The summed E-state index contributed by atoms with van der Waals surface area (Å²) < 4.78 is 0. The molecule has 2 aromatic carbocycles. The van der Waals surface area contributed by atoms with Crippen LogP contribution in [0.25, 0.3) is 11.1 Å². The van der Waals surface area contributed by atoms with Crippen LogP contribution >= 0.6 is 0 Å². The standard InChI is InChI=1S/C21H26O2/c1-2-3-4-5-6-7-12-21(23)20-11-9-8-10-19(20)17-13-15-18(22)16-14-17/h8-11,13-16,22H,2-7,12H2,1H3. The number of phenolic OH excluding ortho intramolecular Hbond substituents is 1. The Kier molecular flexibility index (Phi) is 6.86. The molecular weight excluding hydrogens is 284 g/mol. The van der Waals surface area contributed by atoms with Gasteiger partial charge < -0.3 is 5.11 Å². The summed E-state index contributed by atoms with van der Waals surface area (Å²) >= 11 is 0. The molecule has 0 radical (unpaired) electrons. The second-order valence-electron chi connectivity index (χ2n) is 6.03. The van der Waals surface area contributed by atoms with Crippen molar-refractivity contribution in [3.8, 4) is 16.9 Å². The number of phenols is 1. The third-order valence-corrected chi connectivity index (χ3v) is 4.16. The predicted molar refractivity (Wildman–Crippen MR) is 95.9 cm³/mol. The zero-order chi connectivity index (χ0) is 16.5. The monoisotopic (exact) mass is 310 g/mol. The number of rotatable bonds is 9. The molecule has 0 fully saturated rings. The first-order valence-corrected chi connectivity index (χ1v) is 8.64. The quantitative estimate of drug-likeness (QED) is 0.456. The lowest BCUT2D eigenvalue weighted by Gasteiger charge is -2.09. The Morgan fingerprint density at radius 3 is 2.26 bits per heavy atom. The number of ketones is 1. The molecule has 0 bridgehead atoms. The second kappa shape index (κ2) is 9.14. The SMILES string of the molecule is CCCCCCCCC(=O)c1ccccc1-c1ccc(O)cc1. The molecule has 0 aliphatic rings. The maximum absolute atomic E-state index is 12.5. The van der Waals surface area contributed by atoms with Crippen molar-refractivity contribution in [1.82, 2.24) is 0 Å². The number of hydrogen-bond donors (Lipinski definition) is 1. The molecule has 0 aromatic heterocycles. The molecule has 0 spiro atoms. The van der Waals surface area contributed by atoms with E-state index in [2.05, 4.69) is 6.92 Å². The van der Waals surface area contributed by atoms with Crippen molar-refractivity contribution in [3.05, 3.63) is 54.1 Å². The van der Waals surface area contributed by atoms with Crippen LogP contribution in [0.2, 0.25) is 0 Å². The van der Waals surface area contributed by atoms with E-state index >= 15 is 0 Å². The first-order valence-electron chi connectivity index (χ1n) is 8.64. The van der Waals surface area contributed by atoms with Gasteiger partial charge in [0, 0.05) is 12.0 Å². The average molecular weight is 310 g/mol. The molecule has 2 nitrogen and oxygen atoms in total. The number of carbonyl (C=O) groups excluding carboxylic acids is 1. The van der Waals surface area contributed by atoms with Gasteiger partial charge in [-0.25, -0.2) is 0 Å². The zero-order valence-electron chi connectivity index (χ0n) is 13.9. The Balaban J connectivity index is 1.99. The lowest BCUT2D eigenvalue weighted by molar-refractivity contribution is 0.0979. The molecule has 0 aliphatic heterocycles. The first-order chi connectivity index (χ1) is 11.2. The van der Waals surface area contributed by atoms with Crippen LogP contribution in [0.1, 0.15) is 62.2 Å². The molecule has 1 N–H and O–H groups in total. The van der Waals surface area contributed by atoms with E-state index in [1.165, 1.54) is 25.7 Å². The molecule has 23 heavy (non-hydrogen) atoms. The minimum atomic E-state index is 0.212. The van der Waals surface area contributed by atoms with Crippen LogP contribution in [0.4, 0.5) is 0 Å². The van der Waals surface area contributed by atoms with Crippen molar-refractivity contribution in [2.24, 2.45) is 0 Å². The summed E-state index contributed by atoms with van der Waals surface area (Å²) in [7, 11) is 0. The van der Waals surface area contributed by atoms with E-state index in [0.717, 1.165) is 29.5 Å². The molecule has 0 heterocycles. The number of unbranched alkanes of at least 4 members (excludes halogenated alkanes) is 5. The Labute approximate surface area is 139 Å². The van der Waals surface area contributed by atoms with Crippen LogP contribution in [-0.2, 0) is 0 Å². The Bertz CT molecular complexity index is 614. The zero-order valence-corrected chi connectivity index (χ0v) is 13.9. The van der Waals surface area contributed by atoms with Gasteiger partial charge in [-0.1, -0.05) is 75.4 Å². The van der Waals surface area contributed by atoms with E-state index in [-0.39, 0.29) is 11.5 Å².